The second-order valence-electron chi connectivity index (χ2n) is 3.97. The molecular formula is C13H14N2O. The van der Waals surface area contributed by atoms with E-state index in [1.807, 2.05) is 31.3 Å². The lowest BCUT2D eigenvalue weighted by atomic mass is 10.2. The van der Waals surface area contributed by atoms with Crippen molar-refractivity contribution in [2.45, 2.75) is 12.5 Å². The van der Waals surface area contributed by atoms with Crippen molar-refractivity contribution >= 4 is 11.6 Å². The monoisotopic (exact) mass is 214 g/mol. The van der Waals surface area contributed by atoms with E-state index in [1.54, 1.807) is 4.90 Å². The number of nitrogens with zero attached hydrogens (tertiary/aromatic N) is 1. The van der Waals surface area contributed by atoms with E-state index in [0.29, 0.717) is 0 Å². The standard InChI is InChI=1S/C13H14N2O/c1-3-10-5-4-6-11(9-10)14-12-7-8-15(2)13(12)16/h1,4-6,9,12,14H,7-8H2,2H3. The summed E-state index contributed by atoms with van der Waals surface area (Å²) in [5, 5.41) is 3.21. The fourth-order valence-corrected chi connectivity index (χ4v) is 1.86. The zero-order valence-electron chi connectivity index (χ0n) is 9.23. The molecule has 1 atom stereocenters. The Morgan fingerprint density at radius 1 is 1.56 bits per heavy atom. The number of hydrogen-bond donors (Lipinski definition) is 1. The Morgan fingerprint density at radius 3 is 3.00 bits per heavy atom. The lowest BCUT2D eigenvalue weighted by Gasteiger charge is -2.13. The van der Waals surface area contributed by atoms with Crippen LogP contribution < -0.4 is 5.32 Å². The number of nitrogens with one attached hydrogen (secondary N) is 1. The molecule has 1 aliphatic heterocycles. The van der Waals surface area contributed by atoms with Gasteiger partial charge in [-0.3, -0.25) is 4.79 Å². The van der Waals surface area contributed by atoms with Gasteiger partial charge < -0.3 is 10.2 Å². The molecule has 82 valence electrons. The molecule has 1 amide bonds. The lowest BCUT2D eigenvalue weighted by Crippen LogP contribution is -2.30. The highest BCUT2D eigenvalue weighted by molar-refractivity contribution is 5.86. The summed E-state index contributed by atoms with van der Waals surface area (Å²) in [5.41, 5.74) is 1.73. The first-order valence-electron chi connectivity index (χ1n) is 5.29. The summed E-state index contributed by atoms with van der Waals surface area (Å²) in [4.78, 5) is 13.4. The number of amides is 1. The SMILES string of the molecule is C#Cc1cccc(NC2CCN(C)C2=O)c1. The molecule has 16 heavy (non-hydrogen) atoms. The van der Waals surface area contributed by atoms with Crippen molar-refractivity contribution in [3.05, 3.63) is 29.8 Å². The molecular weight excluding hydrogens is 200 g/mol. The normalized spacial score (nSPS) is 19.6. The van der Waals surface area contributed by atoms with Crippen LogP contribution in [0.2, 0.25) is 0 Å². The van der Waals surface area contributed by atoms with Crippen LogP contribution in [0.4, 0.5) is 5.69 Å². The Balaban J connectivity index is 2.10. The molecule has 3 nitrogen and oxygen atoms in total. The van der Waals surface area contributed by atoms with Crippen molar-refractivity contribution in [3.63, 3.8) is 0 Å². The molecule has 0 aliphatic carbocycles. The topological polar surface area (TPSA) is 32.3 Å². The summed E-state index contributed by atoms with van der Waals surface area (Å²) in [6.07, 6.45) is 6.17. The first-order valence-corrected chi connectivity index (χ1v) is 5.29. The van der Waals surface area contributed by atoms with Crippen LogP contribution >= 0.6 is 0 Å². The number of rotatable bonds is 2. The van der Waals surface area contributed by atoms with Crippen molar-refractivity contribution in [2.24, 2.45) is 0 Å². The predicted molar refractivity (Wildman–Crippen MR) is 64.0 cm³/mol. The second kappa shape index (κ2) is 4.28. The van der Waals surface area contributed by atoms with Crippen molar-refractivity contribution in [3.8, 4) is 12.3 Å². The molecule has 1 unspecified atom stereocenters. The van der Waals surface area contributed by atoms with Gasteiger partial charge in [-0.25, -0.2) is 0 Å². The number of terminal acetylenes is 1. The van der Waals surface area contributed by atoms with Gasteiger partial charge in [0.05, 0.1) is 0 Å². The van der Waals surface area contributed by atoms with Gasteiger partial charge in [-0.05, 0) is 24.6 Å². The van der Waals surface area contributed by atoms with Gasteiger partial charge in [0, 0.05) is 24.8 Å². The van der Waals surface area contributed by atoms with Crippen LogP contribution in [-0.4, -0.2) is 30.4 Å². The van der Waals surface area contributed by atoms with E-state index in [9.17, 15) is 4.79 Å². The molecule has 0 saturated carbocycles. The minimum Gasteiger partial charge on any atom is -0.374 e. The summed E-state index contributed by atoms with van der Waals surface area (Å²) < 4.78 is 0. The number of anilines is 1. The number of likely N-dealkylation sites (tertiary alicyclic amines) is 1. The van der Waals surface area contributed by atoms with Crippen LogP contribution in [0.15, 0.2) is 24.3 Å². The molecule has 1 N–H and O–H groups in total. The number of carbonyl (C=O) groups is 1. The molecule has 0 bridgehead atoms. The zero-order valence-corrected chi connectivity index (χ0v) is 9.23. The highest BCUT2D eigenvalue weighted by atomic mass is 16.2. The van der Waals surface area contributed by atoms with Crippen molar-refractivity contribution < 1.29 is 4.79 Å². The third kappa shape index (κ3) is 2.01. The van der Waals surface area contributed by atoms with Crippen molar-refractivity contribution in [1.29, 1.82) is 0 Å². The third-order valence-corrected chi connectivity index (χ3v) is 2.80. The minimum absolute atomic E-state index is 0.113. The van der Waals surface area contributed by atoms with Crippen molar-refractivity contribution in [1.82, 2.24) is 4.90 Å². The van der Waals surface area contributed by atoms with E-state index in [2.05, 4.69) is 11.2 Å². The van der Waals surface area contributed by atoms with E-state index < -0.39 is 0 Å². The molecule has 0 radical (unpaired) electrons. The molecule has 1 aromatic rings. The van der Waals surface area contributed by atoms with Crippen LogP contribution in [0.25, 0.3) is 0 Å². The Bertz CT molecular complexity index is 447. The Hall–Kier alpha value is -1.95. The molecule has 0 aromatic heterocycles. The summed E-state index contributed by atoms with van der Waals surface area (Å²) in [7, 11) is 1.82. The van der Waals surface area contributed by atoms with E-state index in [1.165, 1.54) is 0 Å². The summed E-state index contributed by atoms with van der Waals surface area (Å²) >= 11 is 0. The van der Waals surface area contributed by atoms with Crippen LogP contribution in [0.1, 0.15) is 12.0 Å². The fraction of sp³-hybridized carbons (Fsp3) is 0.308. The Kier molecular flexibility index (Phi) is 2.82. The van der Waals surface area contributed by atoms with E-state index in [4.69, 9.17) is 6.42 Å². The number of benzene rings is 1. The molecule has 1 saturated heterocycles. The average molecular weight is 214 g/mol. The Morgan fingerprint density at radius 2 is 2.38 bits per heavy atom. The maximum Gasteiger partial charge on any atom is 0.244 e. The van der Waals surface area contributed by atoms with Crippen LogP contribution in [0, 0.1) is 12.3 Å². The van der Waals surface area contributed by atoms with Gasteiger partial charge in [-0.2, -0.15) is 0 Å². The molecule has 3 heteroatoms. The maximum atomic E-state index is 11.7. The summed E-state index contributed by atoms with van der Waals surface area (Å²) in [5.74, 6) is 2.72. The van der Waals surface area contributed by atoms with Gasteiger partial charge in [0.1, 0.15) is 6.04 Å². The third-order valence-electron chi connectivity index (χ3n) is 2.80. The Labute approximate surface area is 95.5 Å². The molecule has 2 rings (SSSR count). The predicted octanol–water partition coefficient (Wildman–Crippen LogP) is 1.31. The molecule has 0 spiro atoms. The van der Waals surface area contributed by atoms with Gasteiger partial charge in [0.15, 0.2) is 0 Å². The smallest absolute Gasteiger partial charge is 0.244 e. The van der Waals surface area contributed by atoms with Crippen LogP contribution in [0.3, 0.4) is 0 Å². The zero-order chi connectivity index (χ0) is 11.5. The van der Waals surface area contributed by atoms with E-state index >= 15 is 0 Å². The highest BCUT2D eigenvalue weighted by Crippen LogP contribution is 2.16. The van der Waals surface area contributed by atoms with E-state index in [-0.39, 0.29) is 11.9 Å². The second-order valence-corrected chi connectivity index (χ2v) is 3.97. The number of likely N-dealkylation sites (N-methyl/N-ethyl adjacent to an activating group) is 1. The molecule has 1 fully saturated rings. The van der Waals surface area contributed by atoms with Gasteiger partial charge in [0.2, 0.25) is 5.91 Å². The highest BCUT2D eigenvalue weighted by Gasteiger charge is 2.28. The number of carbonyl (C=O) groups excluding carboxylic acids is 1. The lowest BCUT2D eigenvalue weighted by molar-refractivity contribution is -0.127. The van der Waals surface area contributed by atoms with E-state index in [0.717, 1.165) is 24.2 Å². The molecule has 1 heterocycles. The quantitative estimate of drug-likeness (QED) is 0.753. The first-order chi connectivity index (χ1) is 7.70. The van der Waals surface area contributed by atoms with Crippen LogP contribution in [0.5, 0.6) is 0 Å². The average Bonchev–Trinajstić information content (AvgIpc) is 2.61. The van der Waals surface area contributed by atoms with Gasteiger partial charge in [0.25, 0.3) is 0 Å². The molecule has 1 aromatic carbocycles. The molecule has 1 aliphatic rings. The van der Waals surface area contributed by atoms with Gasteiger partial charge in [-0.15, -0.1) is 6.42 Å². The number of hydrogen-bond acceptors (Lipinski definition) is 2. The first kappa shape index (κ1) is 10.6. The minimum atomic E-state index is -0.113. The maximum absolute atomic E-state index is 11.7. The summed E-state index contributed by atoms with van der Waals surface area (Å²) in [6.45, 7) is 0.811. The van der Waals surface area contributed by atoms with Gasteiger partial charge >= 0.3 is 0 Å². The summed E-state index contributed by atoms with van der Waals surface area (Å²) in [6, 6.07) is 7.45. The largest absolute Gasteiger partial charge is 0.374 e. The van der Waals surface area contributed by atoms with Crippen molar-refractivity contribution in [2.75, 3.05) is 18.9 Å². The fourth-order valence-electron chi connectivity index (χ4n) is 1.86. The van der Waals surface area contributed by atoms with Gasteiger partial charge in [-0.1, -0.05) is 12.0 Å². The van der Waals surface area contributed by atoms with Crippen LogP contribution in [-0.2, 0) is 4.79 Å².